The second kappa shape index (κ2) is 14.5. The van der Waals surface area contributed by atoms with Crippen molar-refractivity contribution in [3.8, 4) is 0 Å². The second-order valence-electron chi connectivity index (χ2n) is 21.5. The van der Waals surface area contributed by atoms with Gasteiger partial charge in [0.05, 0.1) is 21.1 Å². The van der Waals surface area contributed by atoms with Crippen molar-refractivity contribution in [2.24, 2.45) is 11.8 Å². The number of hydrogen-bond donors (Lipinski definition) is 0. The van der Waals surface area contributed by atoms with Gasteiger partial charge in [-0.15, -0.1) is 0 Å². The van der Waals surface area contributed by atoms with Crippen LogP contribution < -0.4 is 56.9 Å². The SMILES string of the molecule is C[N+](C)(C)c1cc2c3c(c1)N(c1ccccc1)c1ccccc1B3c1cc3c(cc1S2)N(c1ccccc1)c1cc(N2C4CC5CC(C4)CC2C5)cc2c1B3c1ccccc1N2c1ccccc1. The zero-order valence-corrected chi connectivity index (χ0v) is 39.7. The molecule has 16 rings (SSSR count). The van der Waals surface area contributed by atoms with Gasteiger partial charge in [-0.3, -0.25) is 4.48 Å². The molecule has 2 aliphatic carbocycles. The Labute approximate surface area is 405 Å². The van der Waals surface area contributed by atoms with Crippen LogP contribution in [0.1, 0.15) is 32.1 Å². The summed E-state index contributed by atoms with van der Waals surface area (Å²) >= 11 is 1.97. The number of anilines is 10. The van der Waals surface area contributed by atoms with E-state index in [2.05, 4.69) is 217 Å². The van der Waals surface area contributed by atoms with E-state index in [1.165, 1.54) is 137 Å². The van der Waals surface area contributed by atoms with Crippen molar-refractivity contribution >= 4 is 121 Å². The third-order valence-electron chi connectivity index (χ3n) is 16.7. The fraction of sp³-hybridized carbons (Fsp3) is 0.200. The zero-order chi connectivity index (χ0) is 45.0. The van der Waals surface area contributed by atoms with Gasteiger partial charge in [0, 0.05) is 90.9 Å². The molecule has 0 spiro atoms. The van der Waals surface area contributed by atoms with Crippen LogP contribution >= 0.6 is 11.8 Å². The van der Waals surface area contributed by atoms with Gasteiger partial charge in [0.15, 0.2) is 0 Å². The number of piperidine rings is 2. The highest BCUT2D eigenvalue weighted by Gasteiger charge is 2.50. The van der Waals surface area contributed by atoms with Crippen LogP contribution in [0.3, 0.4) is 0 Å². The van der Waals surface area contributed by atoms with Gasteiger partial charge >= 0.3 is 0 Å². The Morgan fingerprint density at radius 2 is 0.868 bits per heavy atom. The van der Waals surface area contributed by atoms with Crippen LogP contribution in [0.2, 0.25) is 0 Å². The lowest BCUT2D eigenvalue weighted by Gasteiger charge is -2.58. The van der Waals surface area contributed by atoms with Crippen LogP contribution in [0.4, 0.5) is 62.6 Å². The third-order valence-corrected chi connectivity index (χ3v) is 17.9. The van der Waals surface area contributed by atoms with E-state index in [1.807, 2.05) is 11.8 Å². The molecular weight excluding hydrogens is 844 g/mol. The fourth-order valence-corrected chi connectivity index (χ4v) is 15.4. The molecule has 2 saturated heterocycles. The number of nitrogens with zero attached hydrogens (tertiary/aromatic N) is 5. The Morgan fingerprint density at radius 1 is 0.397 bits per heavy atom. The lowest BCUT2D eigenvalue weighted by molar-refractivity contribution is 0.0900. The molecule has 0 atom stereocenters. The lowest BCUT2D eigenvalue weighted by Crippen LogP contribution is -2.64. The molecule has 0 amide bonds. The summed E-state index contributed by atoms with van der Waals surface area (Å²) in [5, 5.41) is 0. The molecule has 0 N–H and O–H groups in total. The van der Waals surface area contributed by atoms with Crippen molar-refractivity contribution in [3.63, 3.8) is 0 Å². The first-order valence-electron chi connectivity index (χ1n) is 24.9. The largest absolute Gasteiger partial charge is 0.365 e. The first kappa shape index (κ1) is 39.4. The minimum absolute atomic E-state index is 0.0325. The van der Waals surface area contributed by atoms with E-state index in [0.29, 0.717) is 12.1 Å². The zero-order valence-electron chi connectivity index (χ0n) is 38.9. The van der Waals surface area contributed by atoms with Crippen molar-refractivity contribution in [2.75, 3.05) is 40.7 Å². The Hall–Kier alpha value is -6.60. The summed E-state index contributed by atoms with van der Waals surface area (Å²) in [6.45, 7) is 0.0992. The van der Waals surface area contributed by atoms with Gasteiger partial charge in [-0.2, -0.15) is 0 Å². The van der Waals surface area contributed by atoms with Crippen LogP contribution in [0.15, 0.2) is 186 Å². The Kier molecular flexibility index (Phi) is 8.38. The van der Waals surface area contributed by atoms with Crippen molar-refractivity contribution in [1.82, 2.24) is 4.48 Å². The molecule has 8 aromatic rings. The average Bonchev–Trinajstić information content (AvgIpc) is 3.35. The van der Waals surface area contributed by atoms with Crippen molar-refractivity contribution in [3.05, 3.63) is 176 Å². The molecule has 328 valence electrons. The summed E-state index contributed by atoms with van der Waals surface area (Å²) in [6, 6.07) is 68.6. The van der Waals surface area contributed by atoms with Crippen molar-refractivity contribution in [2.45, 2.75) is 54.0 Å². The predicted molar refractivity (Wildman–Crippen MR) is 290 cm³/mol. The molecule has 8 aromatic carbocycles. The van der Waals surface area contributed by atoms with Crippen LogP contribution in [0.25, 0.3) is 0 Å². The van der Waals surface area contributed by atoms with Gasteiger partial charge < -0.3 is 19.6 Å². The number of fused-ring (bicyclic) bond motifs is 8. The molecule has 8 heteroatoms. The summed E-state index contributed by atoms with van der Waals surface area (Å²) in [4.78, 5) is 13.4. The van der Waals surface area contributed by atoms with Gasteiger partial charge in [0.1, 0.15) is 5.69 Å². The van der Waals surface area contributed by atoms with Gasteiger partial charge in [-0.05, 0) is 138 Å². The fourth-order valence-electron chi connectivity index (χ4n) is 14.2. The molecule has 5 nitrogen and oxygen atoms in total. The highest BCUT2D eigenvalue weighted by atomic mass is 32.2. The van der Waals surface area contributed by atoms with E-state index < -0.39 is 0 Å². The molecule has 4 fully saturated rings. The molecule has 6 heterocycles. The molecule has 0 unspecified atom stereocenters. The molecule has 8 aliphatic rings. The van der Waals surface area contributed by atoms with Crippen LogP contribution in [-0.2, 0) is 0 Å². The Morgan fingerprint density at radius 3 is 1.40 bits per heavy atom. The van der Waals surface area contributed by atoms with Crippen LogP contribution in [0, 0.1) is 11.8 Å². The molecular formula is C60H52B2N5S+. The standard InChI is InChI=1S/C60H52B2N5S/c1-67(2,3)46-34-56-60-58(35-46)68-57-37-53-49(36-50(57)62(60)48-24-14-16-26-52(48)65(56)41-19-9-5-10-20-41)61-47-23-13-15-25-51(47)64(40-17-7-4-8-18-40)54-32-45(63-43-28-38-27-39(30-43)31-44(63)29-38)33-55(59(54)61)66(53)42-21-11-6-12-22-42/h4-26,32-39,43-44H,27-31H2,1-3H3/q+1. The third kappa shape index (κ3) is 5.65. The molecule has 68 heavy (non-hydrogen) atoms. The quantitative estimate of drug-likeness (QED) is 0.126. The highest BCUT2D eigenvalue weighted by molar-refractivity contribution is 8.00. The van der Waals surface area contributed by atoms with Gasteiger partial charge in [0.2, 0.25) is 6.71 Å². The maximum absolute atomic E-state index is 2.90. The maximum Gasteiger partial charge on any atom is 0.252 e. The lowest BCUT2D eigenvalue weighted by atomic mass is 9.31. The van der Waals surface area contributed by atoms with Gasteiger partial charge in [-0.1, -0.05) is 114 Å². The average molecular weight is 897 g/mol. The topological polar surface area (TPSA) is 13.0 Å². The second-order valence-corrected chi connectivity index (χ2v) is 22.5. The van der Waals surface area contributed by atoms with Crippen LogP contribution in [-0.4, -0.2) is 46.7 Å². The molecule has 4 bridgehead atoms. The summed E-state index contributed by atoms with van der Waals surface area (Å²) in [7, 11) is 6.89. The van der Waals surface area contributed by atoms with E-state index in [0.717, 1.165) is 16.3 Å². The number of quaternary nitrogens is 1. The van der Waals surface area contributed by atoms with E-state index in [-0.39, 0.29) is 13.4 Å². The van der Waals surface area contributed by atoms with Gasteiger partial charge in [0.25, 0.3) is 6.71 Å². The van der Waals surface area contributed by atoms with Crippen molar-refractivity contribution < 1.29 is 0 Å². The first-order chi connectivity index (χ1) is 33.3. The monoisotopic (exact) mass is 896 g/mol. The van der Waals surface area contributed by atoms with E-state index in [9.17, 15) is 0 Å². The smallest absolute Gasteiger partial charge is 0.252 e. The number of benzene rings is 8. The predicted octanol–water partition coefficient (Wildman–Crippen LogP) is 10.5. The number of rotatable bonds is 5. The molecule has 0 aromatic heterocycles. The minimum Gasteiger partial charge on any atom is -0.365 e. The summed E-state index contributed by atoms with van der Waals surface area (Å²) < 4.78 is 0.733. The van der Waals surface area contributed by atoms with E-state index in [1.54, 1.807) is 0 Å². The maximum atomic E-state index is 2.90. The summed E-state index contributed by atoms with van der Waals surface area (Å²) in [5.41, 5.74) is 22.3. The minimum atomic E-state index is 0.0325. The van der Waals surface area contributed by atoms with Crippen molar-refractivity contribution in [1.29, 1.82) is 0 Å². The number of para-hydroxylation sites is 5. The molecule has 0 radical (unpaired) electrons. The van der Waals surface area contributed by atoms with E-state index in [4.69, 9.17) is 0 Å². The first-order valence-corrected chi connectivity index (χ1v) is 25.7. The number of hydrogen-bond acceptors (Lipinski definition) is 5. The van der Waals surface area contributed by atoms with E-state index >= 15 is 0 Å². The normalized spacial score (nSPS) is 20.9. The summed E-state index contributed by atoms with van der Waals surface area (Å²) in [5.74, 6) is 1.77. The molecule has 2 saturated carbocycles. The molecule has 6 aliphatic heterocycles. The summed E-state index contributed by atoms with van der Waals surface area (Å²) in [6.07, 6.45) is 6.75. The Bertz CT molecular complexity index is 3350. The van der Waals surface area contributed by atoms with Crippen LogP contribution in [0.5, 0.6) is 0 Å². The highest BCUT2D eigenvalue weighted by Crippen LogP contribution is 2.54. The van der Waals surface area contributed by atoms with Gasteiger partial charge in [-0.25, -0.2) is 0 Å². The Balaban J connectivity index is 1.01.